The molecule has 1 amide bonds. The SMILES string of the molecule is N#Cc1cc(N)ccc1N1CCCCC1=O. The van der Waals surface area contributed by atoms with Crippen LogP contribution in [0, 0.1) is 11.3 Å². The summed E-state index contributed by atoms with van der Waals surface area (Å²) in [5.41, 5.74) is 7.31. The predicted octanol–water partition coefficient (Wildman–Crippen LogP) is 1.66. The third-order valence-electron chi connectivity index (χ3n) is 2.76. The first-order valence-electron chi connectivity index (χ1n) is 5.32. The van der Waals surface area contributed by atoms with Crippen LogP contribution in [0.1, 0.15) is 24.8 Å². The van der Waals surface area contributed by atoms with Crippen LogP contribution in [0.2, 0.25) is 0 Å². The molecule has 82 valence electrons. The average molecular weight is 215 g/mol. The van der Waals surface area contributed by atoms with Gasteiger partial charge in [-0.1, -0.05) is 0 Å². The van der Waals surface area contributed by atoms with Gasteiger partial charge in [0.1, 0.15) is 6.07 Å². The van der Waals surface area contributed by atoms with Crippen LogP contribution in [0.25, 0.3) is 0 Å². The zero-order chi connectivity index (χ0) is 11.5. The lowest BCUT2D eigenvalue weighted by atomic mass is 10.1. The summed E-state index contributed by atoms with van der Waals surface area (Å²) in [6, 6.07) is 7.16. The van der Waals surface area contributed by atoms with Crippen LogP contribution in [-0.4, -0.2) is 12.5 Å². The van der Waals surface area contributed by atoms with Crippen molar-refractivity contribution >= 4 is 17.3 Å². The number of nitriles is 1. The summed E-state index contributed by atoms with van der Waals surface area (Å²) in [6.45, 7) is 0.692. The molecule has 1 heterocycles. The number of piperidine rings is 1. The Bertz CT molecular complexity index is 462. The van der Waals surface area contributed by atoms with E-state index < -0.39 is 0 Å². The van der Waals surface area contributed by atoms with Gasteiger partial charge < -0.3 is 10.6 Å². The van der Waals surface area contributed by atoms with Crippen molar-refractivity contribution in [2.24, 2.45) is 0 Å². The fourth-order valence-electron chi connectivity index (χ4n) is 1.94. The first kappa shape index (κ1) is 10.5. The third-order valence-corrected chi connectivity index (χ3v) is 2.76. The molecule has 2 rings (SSSR count). The molecular formula is C12H13N3O. The number of nitrogens with two attached hydrogens (primary N) is 1. The number of hydrogen-bond donors (Lipinski definition) is 1. The summed E-state index contributed by atoms with van der Waals surface area (Å²) >= 11 is 0. The Morgan fingerprint density at radius 2 is 2.19 bits per heavy atom. The van der Waals surface area contributed by atoms with E-state index in [0.717, 1.165) is 12.8 Å². The van der Waals surface area contributed by atoms with Crippen LogP contribution >= 0.6 is 0 Å². The molecule has 1 fully saturated rings. The number of carbonyl (C=O) groups excluding carboxylic acids is 1. The van der Waals surface area contributed by atoms with E-state index in [1.165, 1.54) is 0 Å². The fraction of sp³-hybridized carbons (Fsp3) is 0.333. The number of nitrogen functional groups attached to an aromatic ring is 1. The lowest BCUT2D eigenvalue weighted by molar-refractivity contribution is -0.119. The smallest absolute Gasteiger partial charge is 0.227 e. The number of carbonyl (C=O) groups is 1. The highest BCUT2D eigenvalue weighted by molar-refractivity contribution is 5.95. The largest absolute Gasteiger partial charge is 0.399 e. The fourth-order valence-corrected chi connectivity index (χ4v) is 1.94. The van der Waals surface area contributed by atoms with Gasteiger partial charge in [-0.05, 0) is 31.0 Å². The molecular weight excluding hydrogens is 202 g/mol. The van der Waals surface area contributed by atoms with Gasteiger partial charge in [0, 0.05) is 18.7 Å². The van der Waals surface area contributed by atoms with Crippen LogP contribution < -0.4 is 10.6 Å². The van der Waals surface area contributed by atoms with Crippen molar-refractivity contribution in [2.75, 3.05) is 17.2 Å². The van der Waals surface area contributed by atoms with E-state index in [-0.39, 0.29) is 5.91 Å². The van der Waals surface area contributed by atoms with E-state index in [0.29, 0.717) is 29.9 Å². The summed E-state index contributed by atoms with van der Waals surface area (Å²) < 4.78 is 0. The summed E-state index contributed by atoms with van der Waals surface area (Å²) in [7, 11) is 0. The van der Waals surface area contributed by atoms with E-state index in [1.807, 2.05) is 0 Å². The number of rotatable bonds is 1. The number of anilines is 2. The number of amides is 1. The molecule has 16 heavy (non-hydrogen) atoms. The zero-order valence-electron chi connectivity index (χ0n) is 8.94. The van der Waals surface area contributed by atoms with E-state index in [9.17, 15) is 4.79 Å². The number of hydrogen-bond acceptors (Lipinski definition) is 3. The standard InChI is InChI=1S/C12H13N3O/c13-8-9-7-10(14)4-5-11(9)15-6-2-1-3-12(15)16/h4-5,7H,1-3,6,14H2. The minimum Gasteiger partial charge on any atom is -0.399 e. The second kappa shape index (κ2) is 4.23. The first-order chi connectivity index (χ1) is 7.72. The lowest BCUT2D eigenvalue weighted by Crippen LogP contribution is -2.35. The zero-order valence-corrected chi connectivity index (χ0v) is 8.94. The summed E-state index contributed by atoms with van der Waals surface area (Å²) in [5, 5.41) is 9.02. The molecule has 4 heteroatoms. The van der Waals surface area contributed by atoms with Gasteiger partial charge in [0.05, 0.1) is 11.3 Å². The highest BCUT2D eigenvalue weighted by atomic mass is 16.2. The molecule has 1 aliphatic heterocycles. The summed E-state index contributed by atoms with van der Waals surface area (Å²) in [4.78, 5) is 13.4. The van der Waals surface area contributed by atoms with Crippen LogP contribution in [0.4, 0.5) is 11.4 Å². The van der Waals surface area contributed by atoms with Crippen LogP contribution in [0.15, 0.2) is 18.2 Å². The molecule has 0 aromatic heterocycles. The van der Waals surface area contributed by atoms with Crippen molar-refractivity contribution in [3.05, 3.63) is 23.8 Å². The highest BCUT2D eigenvalue weighted by Crippen LogP contribution is 2.26. The molecule has 0 spiro atoms. The van der Waals surface area contributed by atoms with Gasteiger partial charge in [0.2, 0.25) is 5.91 Å². The van der Waals surface area contributed by atoms with Gasteiger partial charge in [-0.15, -0.1) is 0 Å². The Kier molecular flexibility index (Phi) is 2.78. The Labute approximate surface area is 94.3 Å². The third kappa shape index (κ3) is 1.84. The Morgan fingerprint density at radius 3 is 2.88 bits per heavy atom. The Balaban J connectivity index is 2.39. The van der Waals surface area contributed by atoms with Gasteiger partial charge in [0.15, 0.2) is 0 Å². The minimum absolute atomic E-state index is 0.0903. The van der Waals surface area contributed by atoms with Gasteiger partial charge in [-0.25, -0.2) is 0 Å². The molecule has 1 aromatic rings. The molecule has 0 bridgehead atoms. The maximum absolute atomic E-state index is 11.7. The second-order valence-electron chi connectivity index (χ2n) is 3.89. The van der Waals surface area contributed by atoms with E-state index in [1.54, 1.807) is 23.1 Å². The van der Waals surface area contributed by atoms with Crippen LogP contribution in [-0.2, 0) is 4.79 Å². The topological polar surface area (TPSA) is 70.1 Å². The molecule has 0 saturated carbocycles. The van der Waals surface area contributed by atoms with E-state index in [4.69, 9.17) is 11.0 Å². The number of benzene rings is 1. The van der Waals surface area contributed by atoms with Gasteiger partial charge in [-0.3, -0.25) is 4.79 Å². The summed E-state index contributed by atoms with van der Waals surface area (Å²) in [6.07, 6.45) is 2.49. The Morgan fingerprint density at radius 1 is 1.38 bits per heavy atom. The molecule has 1 aliphatic rings. The molecule has 2 N–H and O–H groups in total. The first-order valence-corrected chi connectivity index (χ1v) is 5.32. The molecule has 0 unspecified atom stereocenters. The monoisotopic (exact) mass is 215 g/mol. The molecule has 1 aromatic carbocycles. The van der Waals surface area contributed by atoms with Crippen molar-refractivity contribution in [3.63, 3.8) is 0 Å². The van der Waals surface area contributed by atoms with Gasteiger partial charge in [0.25, 0.3) is 0 Å². The predicted molar refractivity (Wildman–Crippen MR) is 61.8 cm³/mol. The van der Waals surface area contributed by atoms with E-state index in [2.05, 4.69) is 6.07 Å². The second-order valence-corrected chi connectivity index (χ2v) is 3.89. The van der Waals surface area contributed by atoms with Crippen LogP contribution in [0.3, 0.4) is 0 Å². The Hall–Kier alpha value is -2.02. The van der Waals surface area contributed by atoms with Crippen molar-refractivity contribution in [1.82, 2.24) is 0 Å². The van der Waals surface area contributed by atoms with E-state index >= 15 is 0 Å². The highest BCUT2D eigenvalue weighted by Gasteiger charge is 2.21. The van der Waals surface area contributed by atoms with Crippen molar-refractivity contribution in [3.8, 4) is 6.07 Å². The average Bonchev–Trinajstić information content (AvgIpc) is 2.30. The minimum atomic E-state index is 0.0903. The molecule has 0 aliphatic carbocycles. The molecule has 0 atom stereocenters. The molecule has 0 radical (unpaired) electrons. The maximum atomic E-state index is 11.7. The van der Waals surface area contributed by atoms with Crippen molar-refractivity contribution < 1.29 is 4.79 Å². The van der Waals surface area contributed by atoms with Crippen molar-refractivity contribution in [2.45, 2.75) is 19.3 Å². The van der Waals surface area contributed by atoms with Gasteiger partial charge in [-0.2, -0.15) is 5.26 Å². The van der Waals surface area contributed by atoms with Crippen molar-refractivity contribution in [1.29, 1.82) is 5.26 Å². The molecule has 1 saturated heterocycles. The quantitative estimate of drug-likeness (QED) is 0.724. The summed E-state index contributed by atoms with van der Waals surface area (Å²) in [5.74, 6) is 0.0903. The number of nitrogens with zero attached hydrogens (tertiary/aromatic N) is 2. The lowest BCUT2D eigenvalue weighted by Gasteiger charge is -2.27. The van der Waals surface area contributed by atoms with Gasteiger partial charge >= 0.3 is 0 Å². The normalized spacial score (nSPS) is 15.9. The molecule has 4 nitrogen and oxygen atoms in total. The van der Waals surface area contributed by atoms with Crippen LogP contribution in [0.5, 0.6) is 0 Å². The maximum Gasteiger partial charge on any atom is 0.227 e.